The lowest BCUT2D eigenvalue weighted by molar-refractivity contribution is -0.121. The van der Waals surface area contributed by atoms with Gasteiger partial charge in [0.1, 0.15) is 0 Å². The number of rotatable bonds is 6. The minimum absolute atomic E-state index is 0.000765. The minimum Gasteiger partial charge on any atom is -0.372 e. The molecule has 1 aliphatic rings. The van der Waals surface area contributed by atoms with Crippen LogP contribution in [0.25, 0.3) is 0 Å². The fraction of sp³-hybridized carbons (Fsp3) is 0.435. The summed E-state index contributed by atoms with van der Waals surface area (Å²) in [5.41, 5.74) is 3.43. The zero-order chi connectivity index (χ0) is 19.2. The monoisotopic (exact) mass is 384 g/mol. The van der Waals surface area contributed by atoms with E-state index in [1.54, 1.807) is 0 Å². The zero-order valence-corrected chi connectivity index (χ0v) is 17.0. The normalized spacial score (nSPS) is 16.2. The minimum atomic E-state index is -0.000765. The van der Waals surface area contributed by atoms with Gasteiger partial charge in [-0.1, -0.05) is 48.9 Å². The van der Waals surface area contributed by atoms with Gasteiger partial charge in [0.2, 0.25) is 5.91 Å². The second-order valence-electron chi connectivity index (χ2n) is 7.64. The van der Waals surface area contributed by atoms with Gasteiger partial charge in [0.15, 0.2) is 0 Å². The van der Waals surface area contributed by atoms with Crippen molar-refractivity contribution in [2.75, 3.05) is 18.0 Å². The summed E-state index contributed by atoms with van der Waals surface area (Å²) in [5, 5.41) is 3.82. The predicted molar refractivity (Wildman–Crippen MR) is 113 cm³/mol. The van der Waals surface area contributed by atoms with Gasteiger partial charge in [0.25, 0.3) is 0 Å². The molecular formula is C23H29ClN2O. The van der Waals surface area contributed by atoms with Gasteiger partial charge in [0, 0.05) is 30.2 Å². The fourth-order valence-corrected chi connectivity index (χ4v) is 3.82. The first-order chi connectivity index (χ1) is 13.0. The topological polar surface area (TPSA) is 32.3 Å². The summed E-state index contributed by atoms with van der Waals surface area (Å²) >= 11 is 6.16. The second-order valence-corrected chi connectivity index (χ2v) is 8.05. The molecule has 27 heavy (non-hydrogen) atoms. The van der Waals surface area contributed by atoms with Gasteiger partial charge in [-0.25, -0.2) is 0 Å². The Kier molecular flexibility index (Phi) is 6.78. The molecule has 1 atom stereocenters. The number of benzene rings is 2. The van der Waals surface area contributed by atoms with Crippen LogP contribution in [-0.4, -0.2) is 19.0 Å². The molecule has 1 saturated heterocycles. The van der Waals surface area contributed by atoms with Crippen LogP contribution < -0.4 is 10.2 Å². The lowest BCUT2D eigenvalue weighted by Gasteiger charge is -2.32. The molecule has 2 aromatic rings. The Bertz CT molecular complexity index is 751. The van der Waals surface area contributed by atoms with Gasteiger partial charge >= 0.3 is 0 Å². The van der Waals surface area contributed by atoms with Gasteiger partial charge in [-0.3, -0.25) is 4.79 Å². The number of halogens is 1. The van der Waals surface area contributed by atoms with Crippen LogP contribution in [0.4, 0.5) is 5.69 Å². The van der Waals surface area contributed by atoms with Crippen molar-refractivity contribution in [3.63, 3.8) is 0 Å². The van der Waals surface area contributed by atoms with Crippen molar-refractivity contribution >= 4 is 23.2 Å². The molecule has 3 nitrogen and oxygen atoms in total. The maximum atomic E-state index is 12.3. The van der Waals surface area contributed by atoms with Crippen molar-refractivity contribution in [2.24, 2.45) is 5.92 Å². The summed E-state index contributed by atoms with van der Waals surface area (Å²) in [7, 11) is 0. The van der Waals surface area contributed by atoms with Crippen LogP contribution in [0.3, 0.4) is 0 Å². The van der Waals surface area contributed by atoms with E-state index in [0.29, 0.717) is 12.8 Å². The zero-order valence-electron chi connectivity index (χ0n) is 16.2. The number of aryl methyl sites for hydroxylation is 1. The number of hydrogen-bond acceptors (Lipinski definition) is 2. The summed E-state index contributed by atoms with van der Waals surface area (Å²) in [6.07, 6.45) is 3.63. The van der Waals surface area contributed by atoms with E-state index >= 15 is 0 Å². The highest BCUT2D eigenvalue weighted by molar-refractivity contribution is 6.31. The molecule has 0 radical (unpaired) electrons. The molecule has 1 amide bonds. The predicted octanol–water partition coefficient (Wildman–Crippen LogP) is 5.39. The number of hydrogen-bond donors (Lipinski definition) is 1. The molecule has 1 aliphatic heterocycles. The molecule has 0 aromatic heterocycles. The highest BCUT2D eigenvalue weighted by Gasteiger charge is 2.16. The van der Waals surface area contributed by atoms with Crippen molar-refractivity contribution in [1.82, 2.24) is 5.32 Å². The third-order valence-electron chi connectivity index (χ3n) is 5.50. The third kappa shape index (κ3) is 5.49. The number of carbonyl (C=O) groups excluding carboxylic acids is 1. The molecule has 1 unspecified atom stereocenters. The molecule has 0 saturated carbocycles. The van der Waals surface area contributed by atoms with Crippen LogP contribution in [0.2, 0.25) is 5.02 Å². The Balaban J connectivity index is 1.50. The summed E-state index contributed by atoms with van der Waals surface area (Å²) in [6.45, 7) is 6.63. The Morgan fingerprint density at radius 2 is 1.81 bits per heavy atom. The van der Waals surface area contributed by atoms with E-state index in [0.717, 1.165) is 35.2 Å². The van der Waals surface area contributed by atoms with E-state index in [2.05, 4.69) is 41.4 Å². The van der Waals surface area contributed by atoms with Gasteiger partial charge in [0.05, 0.1) is 6.04 Å². The first-order valence-electron chi connectivity index (χ1n) is 9.90. The Morgan fingerprint density at radius 1 is 1.15 bits per heavy atom. The van der Waals surface area contributed by atoms with Crippen molar-refractivity contribution in [3.8, 4) is 0 Å². The van der Waals surface area contributed by atoms with E-state index in [1.807, 2.05) is 31.2 Å². The third-order valence-corrected chi connectivity index (χ3v) is 5.87. The second kappa shape index (κ2) is 9.27. The molecule has 1 fully saturated rings. The van der Waals surface area contributed by atoms with Crippen LogP contribution in [0.5, 0.6) is 0 Å². The highest BCUT2D eigenvalue weighted by atomic mass is 35.5. The average molecular weight is 385 g/mol. The molecule has 0 bridgehead atoms. The summed E-state index contributed by atoms with van der Waals surface area (Å²) in [6, 6.07) is 16.3. The molecule has 144 valence electrons. The first kappa shape index (κ1) is 19.8. The van der Waals surface area contributed by atoms with Crippen LogP contribution in [-0.2, 0) is 11.2 Å². The van der Waals surface area contributed by atoms with Crippen molar-refractivity contribution in [1.29, 1.82) is 0 Å². The Hall–Kier alpha value is -2.00. The Labute approximate surface area is 167 Å². The van der Waals surface area contributed by atoms with Crippen molar-refractivity contribution < 1.29 is 4.79 Å². The molecule has 3 rings (SSSR count). The molecule has 1 heterocycles. The number of amides is 1. The van der Waals surface area contributed by atoms with Gasteiger partial charge in [-0.2, -0.15) is 0 Å². The molecule has 0 aliphatic carbocycles. The standard InChI is InChI=1S/C23H29ClN2O/c1-17-13-15-26(16-14-17)21-10-7-19(8-11-21)18(2)25-23(27)12-9-20-5-3-4-6-22(20)24/h3-8,10-11,17-18H,9,12-16H2,1-2H3,(H,25,27). The van der Waals surface area contributed by atoms with Crippen molar-refractivity contribution in [3.05, 3.63) is 64.7 Å². The lowest BCUT2D eigenvalue weighted by atomic mass is 9.98. The fourth-order valence-electron chi connectivity index (χ4n) is 3.59. The molecular weight excluding hydrogens is 356 g/mol. The highest BCUT2D eigenvalue weighted by Crippen LogP contribution is 2.24. The number of carbonyl (C=O) groups is 1. The number of piperidine rings is 1. The maximum absolute atomic E-state index is 12.3. The average Bonchev–Trinajstić information content (AvgIpc) is 2.68. The van der Waals surface area contributed by atoms with Crippen LogP contribution in [0, 0.1) is 5.92 Å². The van der Waals surface area contributed by atoms with E-state index < -0.39 is 0 Å². The largest absolute Gasteiger partial charge is 0.372 e. The summed E-state index contributed by atoms with van der Waals surface area (Å²) < 4.78 is 0. The molecule has 1 N–H and O–H groups in total. The number of anilines is 1. The first-order valence-corrected chi connectivity index (χ1v) is 10.3. The number of nitrogens with one attached hydrogen (secondary N) is 1. The Morgan fingerprint density at radius 3 is 2.48 bits per heavy atom. The van der Waals surface area contributed by atoms with Crippen molar-refractivity contribution in [2.45, 2.75) is 45.6 Å². The summed E-state index contributed by atoms with van der Waals surface area (Å²) in [4.78, 5) is 14.7. The van der Waals surface area contributed by atoms with E-state index in [4.69, 9.17) is 11.6 Å². The van der Waals surface area contributed by atoms with Gasteiger partial charge in [-0.05, 0) is 61.4 Å². The maximum Gasteiger partial charge on any atom is 0.220 e. The molecule has 4 heteroatoms. The summed E-state index contributed by atoms with van der Waals surface area (Å²) in [5.74, 6) is 0.887. The lowest BCUT2D eigenvalue weighted by Crippen LogP contribution is -2.32. The number of nitrogens with zero attached hydrogens (tertiary/aromatic N) is 1. The van der Waals surface area contributed by atoms with E-state index in [-0.39, 0.29) is 11.9 Å². The quantitative estimate of drug-likeness (QED) is 0.724. The molecule has 2 aromatic carbocycles. The SMILES string of the molecule is CC1CCN(c2ccc(C(C)NC(=O)CCc3ccccc3Cl)cc2)CC1. The molecule has 0 spiro atoms. The van der Waals surface area contributed by atoms with Gasteiger partial charge < -0.3 is 10.2 Å². The van der Waals surface area contributed by atoms with Gasteiger partial charge in [-0.15, -0.1) is 0 Å². The van der Waals surface area contributed by atoms with Crippen LogP contribution in [0.1, 0.15) is 50.3 Å². The van der Waals surface area contributed by atoms with Crippen LogP contribution >= 0.6 is 11.6 Å². The van der Waals surface area contributed by atoms with E-state index in [9.17, 15) is 4.79 Å². The van der Waals surface area contributed by atoms with Crippen LogP contribution in [0.15, 0.2) is 48.5 Å². The smallest absolute Gasteiger partial charge is 0.220 e. The van der Waals surface area contributed by atoms with E-state index in [1.165, 1.54) is 18.5 Å².